The number of aromatic amines is 1. The molecule has 1 aliphatic heterocycles. The number of aryl methyl sites for hydroxylation is 2. The zero-order valence-electron chi connectivity index (χ0n) is 13.0. The molecule has 0 radical (unpaired) electrons. The van der Waals surface area contributed by atoms with Crippen molar-refractivity contribution in [2.45, 2.75) is 39.5 Å². The van der Waals surface area contributed by atoms with Crippen LogP contribution in [0.1, 0.15) is 46.5 Å². The molecular formula is C19H20N2O. The molecule has 0 fully saturated rings. The van der Waals surface area contributed by atoms with Crippen molar-refractivity contribution in [2.24, 2.45) is 0 Å². The summed E-state index contributed by atoms with van der Waals surface area (Å²) in [5.74, 6) is -0.00345. The van der Waals surface area contributed by atoms with Crippen LogP contribution in [0.25, 0.3) is 11.6 Å². The lowest BCUT2D eigenvalue weighted by Gasteiger charge is -2.10. The van der Waals surface area contributed by atoms with Gasteiger partial charge in [0.15, 0.2) is 0 Å². The quantitative estimate of drug-likeness (QED) is 0.767. The summed E-state index contributed by atoms with van der Waals surface area (Å²) in [5, 5.41) is 2.97. The van der Waals surface area contributed by atoms with Crippen LogP contribution in [0.5, 0.6) is 0 Å². The van der Waals surface area contributed by atoms with Crippen molar-refractivity contribution in [3.05, 3.63) is 51.8 Å². The van der Waals surface area contributed by atoms with Crippen LogP contribution < -0.4 is 5.32 Å². The first-order valence-electron chi connectivity index (χ1n) is 7.98. The molecule has 1 aliphatic carbocycles. The molecule has 2 N–H and O–H groups in total. The first-order chi connectivity index (χ1) is 10.6. The van der Waals surface area contributed by atoms with Gasteiger partial charge in [-0.15, -0.1) is 0 Å². The van der Waals surface area contributed by atoms with E-state index in [0.29, 0.717) is 0 Å². The molecule has 0 saturated heterocycles. The van der Waals surface area contributed by atoms with Crippen LogP contribution in [0, 0.1) is 13.8 Å². The summed E-state index contributed by atoms with van der Waals surface area (Å²) < 4.78 is 0. The highest BCUT2D eigenvalue weighted by Crippen LogP contribution is 2.36. The van der Waals surface area contributed by atoms with Crippen molar-refractivity contribution in [2.75, 3.05) is 5.32 Å². The first-order valence-corrected chi connectivity index (χ1v) is 7.98. The number of benzene rings is 1. The minimum atomic E-state index is -0.00345. The Labute approximate surface area is 130 Å². The van der Waals surface area contributed by atoms with Gasteiger partial charge in [-0.3, -0.25) is 4.79 Å². The van der Waals surface area contributed by atoms with Crippen molar-refractivity contribution in [3.8, 4) is 0 Å². The fraction of sp³-hybridized carbons (Fsp3) is 0.316. The Bertz CT molecular complexity index is 811. The predicted molar refractivity (Wildman–Crippen MR) is 89.9 cm³/mol. The van der Waals surface area contributed by atoms with Crippen LogP contribution in [0.15, 0.2) is 18.2 Å². The molecule has 3 nitrogen and oxygen atoms in total. The number of fused-ring (bicyclic) bond motifs is 2. The first kappa shape index (κ1) is 13.4. The lowest BCUT2D eigenvalue weighted by Crippen LogP contribution is -2.03. The van der Waals surface area contributed by atoms with Gasteiger partial charge >= 0.3 is 0 Å². The highest BCUT2D eigenvalue weighted by atomic mass is 16.2. The lowest BCUT2D eigenvalue weighted by atomic mass is 9.94. The van der Waals surface area contributed by atoms with Crippen LogP contribution >= 0.6 is 0 Å². The summed E-state index contributed by atoms with van der Waals surface area (Å²) in [7, 11) is 0. The number of carbonyl (C=O) groups is 1. The Kier molecular flexibility index (Phi) is 2.96. The summed E-state index contributed by atoms with van der Waals surface area (Å²) in [6.45, 7) is 4.22. The summed E-state index contributed by atoms with van der Waals surface area (Å²) in [6, 6.07) is 6.00. The second-order valence-corrected chi connectivity index (χ2v) is 6.34. The van der Waals surface area contributed by atoms with Crippen LogP contribution in [0.4, 0.5) is 5.69 Å². The summed E-state index contributed by atoms with van der Waals surface area (Å²) in [6.07, 6.45) is 6.83. The Balaban J connectivity index is 1.85. The van der Waals surface area contributed by atoms with Crippen molar-refractivity contribution < 1.29 is 4.79 Å². The lowest BCUT2D eigenvalue weighted by molar-refractivity contribution is -0.110. The molecule has 3 heteroatoms. The maximum absolute atomic E-state index is 12.3. The maximum atomic E-state index is 12.3. The number of rotatable bonds is 1. The Morgan fingerprint density at radius 3 is 2.77 bits per heavy atom. The minimum absolute atomic E-state index is 0.00345. The molecule has 1 amide bonds. The molecule has 22 heavy (non-hydrogen) atoms. The topological polar surface area (TPSA) is 44.9 Å². The van der Waals surface area contributed by atoms with Crippen LogP contribution in [0.2, 0.25) is 0 Å². The predicted octanol–water partition coefficient (Wildman–Crippen LogP) is 4.00. The van der Waals surface area contributed by atoms with Gasteiger partial charge in [0.05, 0.1) is 5.57 Å². The molecule has 0 saturated carbocycles. The van der Waals surface area contributed by atoms with Gasteiger partial charge in [-0.05, 0) is 68.4 Å². The molecular weight excluding hydrogens is 272 g/mol. The molecule has 2 aromatic rings. The molecule has 0 atom stereocenters. The fourth-order valence-corrected chi connectivity index (χ4v) is 3.73. The smallest absolute Gasteiger partial charge is 0.256 e. The van der Waals surface area contributed by atoms with Crippen molar-refractivity contribution in [1.29, 1.82) is 0 Å². The van der Waals surface area contributed by atoms with Crippen molar-refractivity contribution in [3.63, 3.8) is 0 Å². The van der Waals surface area contributed by atoms with Gasteiger partial charge in [-0.25, -0.2) is 0 Å². The second kappa shape index (κ2) is 4.87. The molecule has 1 aromatic carbocycles. The van der Waals surface area contributed by atoms with E-state index in [1.165, 1.54) is 29.7 Å². The minimum Gasteiger partial charge on any atom is -0.358 e. The molecule has 1 aromatic heterocycles. The molecule has 4 rings (SSSR count). The number of amides is 1. The van der Waals surface area contributed by atoms with Crippen LogP contribution in [-0.2, 0) is 17.6 Å². The van der Waals surface area contributed by atoms with E-state index < -0.39 is 0 Å². The number of hydrogen-bond acceptors (Lipinski definition) is 1. The van der Waals surface area contributed by atoms with E-state index in [1.54, 1.807) is 0 Å². The van der Waals surface area contributed by atoms with Gasteiger partial charge in [-0.2, -0.15) is 0 Å². The number of aromatic nitrogens is 1. The van der Waals surface area contributed by atoms with E-state index in [1.807, 2.05) is 18.2 Å². The van der Waals surface area contributed by atoms with Gasteiger partial charge in [-0.1, -0.05) is 12.1 Å². The van der Waals surface area contributed by atoms with E-state index in [4.69, 9.17) is 0 Å². The number of H-pyrrole nitrogens is 1. The largest absolute Gasteiger partial charge is 0.358 e. The summed E-state index contributed by atoms with van der Waals surface area (Å²) in [4.78, 5) is 15.9. The Morgan fingerprint density at radius 2 is 1.95 bits per heavy atom. The molecule has 0 bridgehead atoms. The molecule has 0 spiro atoms. The number of nitrogens with one attached hydrogen (secondary N) is 2. The van der Waals surface area contributed by atoms with Crippen molar-refractivity contribution in [1.82, 2.24) is 4.98 Å². The van der Waals surface area contributed by atoms with Gasteiger partial charge in [0.1, 0.15) is 0 Å². The third kappa shape index (κ3) is 1.92. The van der Waals surface area contributed by atoms with Gasteiger partial charge in [0.2, 0.25) is 0 Å². The SMILES string of the molecule is Cc1cccc2c1C(=Cc1[nH]c3c(c1C)CCCC3)C(=O)N2. The van der Waals surface area contributed by atoms with Crippen LogP contribution in [-0.4, -0.2) is 10.9 Å². The van der Waals surface area contributed by atoms with Gasteiger partial charge < -0.3 is 10.3 Å². The summed E-state index contributed by atoms with van der Waals surface area (Å²) in [5.41, 5.74) is 9.08. The standard InChI is InChI=1S/C19H20N2O/c1-11-6-5-9-16-18(11)14(19(22)21-16)10-17-12(2)13-7-3-4-8-15(13)20-17/h5-6,9-10,20H,3-4,7-8H2,1-2H3,(H,21,22). The highest BCUT2D eigenvalue weighted by Gasteiger charge is 2.26. The molecule has 2 aliphatic rings. The monoisotopic (exact) mass is 292 g/mol. The number of anilines is 1. The van der Waals surface area contributed by atoms with E-state index in [9.17, 15) is 4.79 Å². The van der Waals surface area contributed by atoms with E-state index in [-0.39, 0.29) is 5.91 Å². The maximum Gasteiger partial charge on any atom is 0.256 e. The Hall–Kier alpha value is -2.29. The average Bonchev–Trinajstić information content (AvgIpc) is 2.99. The van der Waals surface area contributed by atoms with Crippen LogP contribution in [0.3, 0.4) is 0 Å². The zero-order chi connectivity index (χ0) is 15.3. The van der Waals surface area contributed by atoms with Gasteiger partial charge in [0.25, 0.3) is 5.91 Å². The van der Waals surface area contributed by atoms with Gasteiger partial charge in [0, 0.05) is 22.6 Å². The summed E-state index contributed by atoms with van der Waals surface area (Å²) >= 11 is 0. The van der Waals surface area contributed by atoms with E-state index in [2.05, 4.69) is 30.2 Å². The van der Waals surface area contributed by atoms with E-state index in [0.717, 1.165) is 40.9 Å². The number of hydrogen-bond donors (Lipinski definition) is 2. The Morgan fingerprint density at radius 1 is 1.14 bits per heavy atom. The normalized spacial score (nSPS) is 18.3. The zero-order valence-corrected chi connectivity index (χ0v) is 13.0. The second-order valence-electron chi connectivity index (χ2n) is 6.34. The van der Waals surface area contributed by atoms with Crippen molar-refractivity contribution >= 4 is 23.2 Å². The molecule has 2 heterocycles. The third-order valence-electron chi connectivity index (χ3n) is 4.93. The average molecular weight is 292 g/mol. The molecule has 112 valence electrons. The third-order valence-corrected chi connectivity index (χ3v) is 4.93. The van der Waals surface area contributed by atoms with E-state index >= 15 is 0 Å². The molecule has 0 unspecified atom stereocenters. The number of carbonyl (C=O) groups excluding carboxylic acids is 1. The fourth-order valence-electron chi connectivity index (χ4n) is 3.73. The highest BCUT2D eigenvalue weighted by molar-refractivity contribution is 6.35.